The van der Waals surface area contributed by atoms with E-state index in [9.17, 15) is 13.6 Å². The molecule has 0 bridgehead atoms. The normalized spacial score (nSPS) is 19.0. The van der Waals surface area contributed by atoms with Gasteiger partial charge in [-0.05, 0) is 12.1 Å². The van der Waals surface area contributed by atoms with Crippen LogP contribution in [0.1, 0.15) is 17.3 Å². The number of allylic oxidation sites excluding steroid dienone is 2. The first-order valence-corrected chi connectivity index (χ1v) is 6.72. The minimum atomic E-state index is -1.08. The molecule has 0 saturated heterocycles. The van der Waals surface area contributed by atoms with E-state index in [0.29, 0.717) is 16.9 Å². The number of nitrogens with zero attached hydrogens (tertiary/aromatic N) is 2. The highest BCUT2D eigenvalue weighted by atomic mass is 19.1. The lowest BCUT2D eigenvalue weighted by Crippen LogP contribution is -2.32. The summed E-state index contributed by atoms with van der Waals surface area (Å²) in [6.45, 7) is 1.74. The number of aliphatic imine (C=N–C) groups is 2. The van der Waals surface area contributed by atoms with Crippen molar-refractivity contribution in [3.8, 4) is 0 Å². The Morgan fingerprint density at radius 3 is 2.78 bits per heavy atom. The van der Waals surface area contributed by atoms with Gasteiger partial charge in [-0.15, -0.1) is 0 Å². The van der Waals surface area contributed by atoms with Crippen LogP contribution in [0.25, 0.3) is 0 Å². The Kier molecular flexibility index (Phi) is 3.50. The zero-order valence-corrected chi connectivity index (χ0v) is 12.4. The Morgan fingerprint density at radius 2 is 2.09 bits per heavy atom. The lowest BCUT2D eigenvalue weighted by atomic mass is 9.93. The Bertz CT molecular complexity index is 838. The fourth-order valence-corrected chi connectivity index (χ4v) is 2.38. The van der Waals surface area contributed by atoms with Gasteiger partial charge in [0.1, 0.15) is 18.6 Å². The van der Waals surface area contributed by atoms with Crippen LogP contribution < -0.4 is 5.73 Å². The van der Waals surface area contributed by atoms with E-state index >= 15 is 0 Å². The summed E-state index contributed by atoms with van der Waals surface area (Å²) in [4.78, 5) is 20.6. The highest BCUT2D eigenvalue weighted by Crippen LogP contribution is 2.31. The molecule has 116 valence electrons. The number of nitrogen functional groups attached to an aromatic ring is 1. The van der Waals surface area contributed by atoms with E-state index in [1.807, 2.05) is 0 Å². The lowest BCUT2D eigenvalue weighted by Gasteiger charge is -2.19. The molecule has 0 aliphatic carbocycles. The molecule has 0 fully saturated rings. The van der Waals surface area contributed by atoms with E-state index in [0.717, 1.165) is 12.1 Å². The number of ketones is 1. The molecule has 2 N–H and O–H groups in total. The van der Waals surface area contributed by atoms with Gasteiger partial charge in [-0.2, -0.15) is 4.99 Å². The number of halogens is 2. The molecule has 2 aliphatic heterocycles. The standard InChI is InChI=1S/C16H12F2N3O2/c1-7(6-23-2)11-5-8-14(21-16(8)20-11)15(22)12-9(17)3-4-10(19)13(12)18/h3-5,16H,19H2,1-2H3/q+1. The molecule has 0 amide bonds. The maximum atomic E-state index is 14.0. The summed E-state index contributed by atoms with van der Waals surface area (Å²) >= 11 is 0. The lowest BCUT2D eigenvalue weighted by molar-refractivity contribution is 0.105. The van der Waals surface area contributed by atoms with E-state index in [-0.39, 0.29) is 11.4 Å². The number of hydrogen-bond donors (Lipinski definition) is 1. The molecule has 7 heteroatoms. The number of fused-ring (bicyclic) bond motifs is 1. The van der Waals surface area contributed by atoms with Crippen molar-refractivity contribution in [2.24, 2.45) is 9.98 Å². The fraction of sp³-hybridized carbons (Fsp3) is 0.188. The van der Waals surface area contributed by atoms with Crippen molar-refractivity contribution in [2.45, 2.75) is 13.1 Å². The molecule has 1 aromatic rings. The largest absolute Gasteiger partial charge is 0.396 e. The Morgan fingerprint density at radius 1 is 1.35 bits per heavy atom. The predicted octanol–water partition coefficient (Wildman–Crippen LogP) is 2.24. The number of rotatable bonds is 4. The number of carbonyl (C=O) groups is 1. The van der Waals surface area contributed by atoms with Gasteiger partial charge in [-0.25, -0.2) is 13.8 Å². The van der Waals surface area contributed by atoms with Crippen LogP contribution in [-0.4, -0.2) is 30.5 Å². The van der Waals surface area contributed by atoms with Crippen molar-refractivity contribution < 1.29 is 18.3 Å². The molecular formula is C16H12F2N3O2+. The number of nitrogens with two attached hydrogens (primary N) is 1. The van der Waals surface area contributed by atoms with Crippen LogP contribution in [0.15, 0.2) is 39.3 Å². The summed E-state index contributed by atoms with van der Waals surface area (Å²) < 4.78 is 32.5. The quantitative estimate of drug-likeness (QED) is 0.400. The first-order valence-electron chi connectivity index (χ1n) is 6.72. The van der Waals surface area contributed by atoms with E-state index < -0.39 is 29.1 Å². The molecule has 5 nitrogen and oxygen atoms in total. The molecular weight excluding hydrogens is 304 g/mol. The van der Waals surface area contributed by atoms with Gasteiger partial charge in [0.05, 0.1) is 22.9 Å². The van der Waals surface area contributed by atoms with Gasteiger partial charge in [-0.1, -0.05) is 0 Å². The molecule has 1 unspecified atom stereocenters. The number of methoxy groups -OCH3 is 1. The highest BCUT2D eigenvalue weighted by molar-refractivity contribution is 6.54. The van der Waals surface area contributed by atoms with Crippen LogP contribution in [0, 0.1) is 17.9 Å². The summed E-state index contributed by atoms with van der Waals surface area (Å²) in [6, 6.07) is 2.02. The molecule has 1 aromatic carbocycles. The molecule has 3 rings (SSSR count). The molecule has 0 radical (unpaired) electrons. The van der Waals surface area contributed by atoms with Crippen molar-refractivity contribution in [1.82, 2.24) is 0 Å². The molecule has 0 aromatic heterocycles. The third-order valence-corrected chi connectivity index (χ3v) is 3.56. The van der Waals surface area contributed by atoms with Crippen molar-refractivity contribution in [2.75, 3.05) is 12.8 Å². The monoisotopic (exact) mass is 316 g/mol. The second-order valence-electron chi connectivity index (χ2n) is 5.05. The zero-order chi connectivity index (χ0) is 16.7. The molecule has 0 spiro atoms. The molecule has 2 aliphatic rings. The van der Waals surface area contributed by atoms with E-state index in [2.05, 4.69) is 16.2 Å². The Balaban J connectivity index is 1.92. The molecule has 23 heavy (non-hydrogen) atoms. The van der Waals surface area contributed by atoms with Crippen LogP contribution >= 0.6 is 0 Å². The molecule has 1 atom stereocenters. The number of carbonyl (C=O) groups excluding carboxylic acids is 1. The second kappa shape index (κ2) is 5.37. The second-order valence-corrected chi connectivity index (χ2v) is 5.05. The first-order chi connectivity index (χ1) is 10.9. The highest BCUT2D eigenvalue weighted by Gasteiger charge is 2.42. The van der Waals surface area contributed by atoms with Gasteiger partial charge in [0, 0.05) is 6.92 Å². The first kappa shape index (κ1) is 15.0. The van der Waals surface area contributed by atoms with Crippen molar-refractivity contribution in [3.05, 3.63) is 52.8 Å². The van der Waals surface area contributed by atoms with Crippen molar-refractivity contribution >= 4 is 22.9 Å². The maximum absolute atomic E-state index is 14.0. The van der Waals surface area contributed by atoms with Crippen molar-refractivity contribution in [3.63, 3.8) is 0 Å². The van der Waals surface area contributed by atoms with Gasteiger partial charge in [0.2, 0.25) is 17.1 Å². The van der Waals surface area contributed by atoms with Gasteiger partial charge in [-0.3, -0.25) is 4.79 Å². The van der Waals surface area contributed by atoms with E-state index in [1.165, 1.54) is 7.11 Å². The van der Waals surface area contributed by atoms with Crippen LogP contribution in [0.2, 0.25) is 0 Å². The average molecular weight is 316 g/mol. The van der Waals surface area contributed by atoms with Gasteiger partial charge in [0.25, 0.3) is 6.26 Å². The third kappa shape index (κ3) is 2.31. The molecule has 0 saturated carbocycles. The van der Waals surface area contributed by atoms with Gasteiger partial charge >= 0.3 is 0 Å². The van der Waals surface area contributed by atoms with Crippen molar-refractivity contribution in [1.29, 1.82) is 0 Å². The number of hydrogen-bond acceptors (Lipinski definition) is 5. The van der Waals surface area contributed by atoms with Crippen LogP contribution in [0.5, 0.6) is 0 Å². The van der Waals surface area contributed by atoms with Crippen LogP contribution in [0.4, 0.5) is 14.5 Å². The third-order valence-electron chi connectivity index (χ3n) is 3.56. The topological polar surface area (TPSA) is 77.0 Å². The number of ether oxygens (including phenoxy) is 1. The van der Waals surface area contributed by atoms with Crippen LogP contribution in [0.3, 0.4) is 0 Å². The number of Topliss-reactive ketones (excluding diaryl/α,β-unsaturated/α-hetero) is 1. The van der Waals surface area contributed by atoms with Gasteiger partial charge < -0.3 is 10.5 Å². The predicted molar refractivity (Wildman–Crippen MR) is 81.3 cm³/mol. The summed E-state index contributed by atoms with van der Waals surface area (Å²) in [5.41, 5.74) is 6.10. The van der Waals surface area contributed by atoms with E-state index in [4.69, 9.17) is 10.5 Å². The minimum absolute atomic E-state index is 0.0117. The number of benzene rings is 1. The van der Waals surface area contributed by atoms with E-state index in [1.54, 1.807) is 13.0 Å². The Hall–Kier alpha value is -2.92. The summed E-state index contributed by atoms with van der Waals surface area (Å²) in [5.74, 6) is -2.90. The average Bonchev–Trinajstić information content (AvgIpc) is 2.81. The summed E-state index contributed by atoms with van der Waals surface area (Å²) in [6.07, 6.45) is 3.74. The zero-order valence-electron chi connectivity index (χ0n) is 12.4. The van der Waals surface area contributed by atoms with Crippen LogP contribution in [-0.2, 0) is 4.74 Å². The number of anilines is 1. The Labute approximate surface area is 130 Å². The smallest absolute Gasteiger partial charge is 0.299 e. The minimum Gasteiger partial charge on any atom is -0.396 e. The summed E-state index contributed by atoms with van der Waals surface area (Å²) in [7, 11) is 1.46. The maximum Gasteiger partial charge on any atom is 0.299 e. The summed E-state index contributed by atoms with van der Waals surface area (Å²) in [5, 5.41) is 0. The fourth-order valence-electron chi connectivity index (χ4n) is 2.38. The SMILES string of the molecule is CO[C+]=C(C)C1=NC2N=C(C(=O)c3c(F)ccc(N)c3F)C2=C1. The molecule has 2 heterocycles. The van der Waals surface area contributed by atoms with Gasteiger partial charge in [0.15, 0.2) is 12.0 Å².